The lowest BCUT2D eigenvalue weighted by atomic mass is 10.4. The van der Waals surface area contributed by atoms with E-state index in [9.17, 15) is 0 Å². The van der Waals surface area contributed by atoms with Crippen molar-refractivity contribution in [2.75, 3.05) is 18.0 Å². The predicted molar refractivity (Wildman–Crippen MR) is 77.6 cm³/mol. The standard InChI is InChI=1S/C13H16N2S2/c14-12-6-8-17-13(12)10-15-7-9-16-11-4-2-1-3-5-11/h1-6,8,15H,7,9-10,14H2. The number of anilines is 1. The van der Waals surface area contributed by atoms with Crippen LogP contribution in [0.1, 0.15) is 4.88 Å². The fraction of sp³-hybridized carbons (Fsp3) is 0.231. The molecule has 90 valence electrons. The summed E-state index contributed by atoms with van der Waals surface area (Å²) in [6, 6.07) is 12.4. The fourth-order valence-corrected chi connectivity index (χ4v) is 3.05. The summed E-state index contributed by atoms with van der Waals surface area (Å²) >= 11 is 3.58. The number of thioether (sulfide) groups is 1. The third-order valence-corrected chi connectivity index (χ3v) is 4.31. The highest BCUT2D eigenvalue weighted by molar-refractivity contribution is 7.99. The average Bonchev–Trinajstić information content (AvgIpc) is 2.76. The summed E-state index contributed by atoms with van der Waals surface area (Å²) in [4.78, 5) is 2.56. The first-order valence-electron chi connectivity index (χ1n) is 5.56. The summed E-state index contributed by atoms with van der Waals surface area (Å²) in [5.41, 5.74) is 6.71. The lowest BCUT2D eigenvalue weighted by Crippen LogP contribution is -2.16. The Morgan fingerprint density at radius 1 is 1.18 bits per heavy atom. The maximum Gasteiger partial charge on any atom is 0.0468 e. The second-order valence-electron chi connectivity index (χ2n) is 3.64. The van der Waals surface area contributed by atoms with Gasteiger partial charge < -0.3 is 11.1 Å². The molecule has 0 aliphatic heterocycles. The number of nitrogens with two attached hydrogens (primary N) is 1. The van der Waals surface area contributed by atoms with Crippen molar-refractivity contribution in [2.24, 2.45) is 0 Å². The normalized spacial score (nSPS) is 10.6. The molecule has 0 saturated heterocycles. The molecule has 0 fully saturated rings. The van der Waals surface area contributed by atoms with Gasteiger partial charge in [-0.15, -0.1) is 23.1 Å². The Hall–Kier alpha value is -0.970. The zero-order valence-corrected chi connectivity index (χ0v) is 11.2. The molecule has 2 rings (SSSR count). The van der Waals surface area contributed by atoms with E-state index in [-0.39, 0.29) is 0 Å². The van der Waals surface area contributed by atoms with E-state index in [2.05, 4.69) is 29.6 Å². The molecule has 0 unspecified atom stereocenters. The molecule has 0 spiro atoms. The first-order chi connectivity index (χ1) is 8.36. The van der Waals surface area contributed by atoms with Crippen molar-refractivity contribution in [2.45, 2.75) is 11.4 Å². The Labute approximate surface area is 110 Å². The van der Waals surface area contributed by atoms with Crippen molar-refractivity contribution >= 4 is 28.8 Å². The second-order valence-corrected chi connectivity index (χ2v) is 5.81. The number of nitrogen functional groups attached to an aromatic ring is 1. The Balaban J connectivity index is 1.63. The molecule has 1 aromatic carbocycles. The van der Waals surface area contributed by atoms with Gasteiger partial charge in [-0.2, -0.15) is 0 Å². The first-order valence-corrected chi connectivity index (χ1v) is 7.43. The molecule has 0 amide bonds. The van der Waals surface area contributed by atoms with Crippen molar-refractivity contribution in [1.82, 2.24) is 5.32 Å². The molecule has 0 atom stereocenters. The number of benzene rings is 1. The van der Waals surface area contributed by atoms with Crippen molar-refractivity contribution in [1.29, 1.82) is 0 Å². The van der Waals surface area contributed by atoms with Crippen LogP contribution in [-0.4, -0.2) is 12.3 Å². The number of hydrogen-bond acceptors (Lipinski definition) is 4. The van der Waals surface area contributed by atoms with Gasteiger partial charge in [0.15, 0.2) is 0 Å². The van der Waals surface area contributed by atoms with E-state index in [1.165, 1.54) is 9.77 Å². The van der Waals surface area contributed by atoms with Gasteiger partial charge in [0.25, 0.3) is 0 Å². The monoisotopic (exact) mass is 264 g/mol. The van der Waals surface area contributed by atoms with E-state index >= 15 is 0 Å². The summed E-state index contributed by atoms with van der Waals surface area (Å²) in [6.07, 6.45) is 0. The molecule has 0 bridgehead atoms. The molecule has 1 heterocycles. The molecule has 1 aromatic heterocycles. The van der Waals surface area contributed by atoms with Crippen molar-refractivity contribution in [3.63, 3.8) is 0 Å². The van der Waals surface area contributed by atoms with Gasteiger partial charge in [0.2, 0.25) is 0 Å². The van der Waals surface area contributed by atoms with Gasteiger partial charge >= 0.3 is 0 Å². The average molecular weight is 264 g/mol. The van der Waals surface area contributed by atoms with Crippen LogP contribution >= 0.6 is 23.1 Å². The van der Waals surface area contributed by atoms with E-state index in [4.69, 9.17) is 5.73 Å². The number of hydrogen-bond donors (Lipinski definition) is 2. The number of nitrogens with one attached hydrogen (secondary N) is 1. The minimum atomic E-state index is 0.874. The quantitative estimate of drug-likeness (QED) is 0.621. The highest BCUT2D eigenvalue weighted by Gasteiger charge is 1.99. The third kappa shape index (κ3) is 4.07. The summed E-state index contributed by atoms with van der Waals surface area (Å²) in [7, 11) is 0. The van der Waals surface area contributed by atoms with Gasteiger partial charge in [-0.1, -0.05) is 18.2 Å². The van der Waals surface area contributed by atoms with Crippen LogP contribution in [0.5, 0.6) is 0 Å². The van der Waals surface area contributed by atoms with Gasteiger partial charge in [-0.05, 0) is 23.6 Å². The molecular formula is C13H16N2S2. The summed E-state index contributed by atoms with van der Waals surface area (Å²) in [5.74, 6) is 1.08. The van der Waals surface area contributed by atoms with Gasteiger partial charge in [0, 0.05) is 34.3 Å². The Kier molecular flexibility index (Phi) is 4.91. The van der Waals surface area contributed by atoms with Crippen molar-refractivity contribution < 1.29 is 0 Å². The van der Waals surface area contributed by atoms with Crippen LogP contribution in [0.15, 0.2) is 46.7 Å². The van der Waals surface area contributed by atoms with Gasteiger partial charge in [-0.3, -0.25) is 0 Å². The minimum absolute atomic E-state index is 0.874. The van der Waals surface area contributed by atoms with Crippen molar-refractivity contribution in [3.8, 4) is 0 Å². The second kappa shape index (κ2) is 6.69. The van der Waals surface area contributed by atoms with Crippen LogP contribution in [-0.2, 0) is 6.54 Å². The largest absolute Gasteiger partial charge is 0.398 e. The SMILES string of the molecule is Nc1ccsc1CNCCSc1ccccc1. The van der Waals surface area contributed by atoms with E-state index in [0.717, 1.165) is 24.5 Å². The Morgan fingerprint density at radius 2 is 2.00 bits per heavy atom. The van der Waals surface area contributed by atoms with Crippen LogP contribution in [0, 0.1) is 0 Å². The highest BCUT2D eigenvalue weighted by Crippen LogP contribution is 2.18. The van der Waals surface area contributed by atoms with E-state index < -0.39 is 0 Å². The van der Waals surface area contributed by atoms with E-state index in [1.807, 2.05) is 29.3 Å². The zero-order chi connectivity index (χ0) is 11.9. The molecule has 3 N–H and O–H groups in total. The van der Waals surface area contributed by atoms with Crippen LogP contribution in [0.3, 0.4) is 0 Å². The number of rotatable bonds is 6. The summed E-state index contributed by atoms with van der Waals surface area (Å²) in [6.45, 7) is 1.87. The maximum atomic E-state index is 5.81. The van der Waals surface area contributed by atoms with Gasteiger partial charge in [0.05, 0.1) is 0 Å². The molecule has 4 heteroatoms. The maximum absolute atomic E-state index is 5.81. The highest BCUT2D eigenvalue weighted by atomic mass is 32.2. The summed E-state index contributed by atoms with van der Waals surface area (Å²) in [5, 5.41) is 5.44. The number of thiophene rings is 1. The smallest absolute Gasteiger partial charge is 0.0468 e. The molecule has 0 aliphatic carbocycles. The molecule has 2 aromatic rings. The van der Waals surface area contributed by atoms with Crippen LogP contribution in [0.4, 0.5) is 5.69 Å². The van der Waals surface area contributed by atoms with Crippen LogP contribution in [0.2, 0.25) is 0 Å². The lowest BCUT2D eigenvalue weighted by Gasteiger charge is -2.04. The topological polar surface area (TPSA) is 38.0 Å². The van der Waals surface area contributed by atoms with Gasteiger partial charge in [0.1, 0.15) is 0 Å². The molecule has 0 radical (unpaired) electrons. The van der Waals surface area contributed by atoms with Crippen molar-refractivity contribution in [3.05, 3.63) is 46.7 Å². The van der Waals surface area contributed by atoms with Crippen LogP contribution in [0.25, 0.3) is 0 Å². The first kappa shape index (κ1) is 12.5. The third-order valence-electron chi connectivity index (χ3n) is 2.36. The Morgan fingerprint density at radius 3 is 2.71 bits per heavy atom. The van der Waals surface area contributed by atoms with Crippen LogP contribution < -0.4 is 11.1 Å². The predicted octanol–water partition coefficient (Wildman–Crippen LogP) is 3.21. The van der Waals surface area contributed by atoms with E-state index in [0.29, 0.717) is 0 Å². The molecule has 0 aliphatic rings. The summed E-state index contributed by atoms with van der Waals surface area (Å²) < 4.78 is 0. The van der Waals surface area contributed by atoms with Gasteiger partial charge in [-0.25, -0.2) is 0 Å². The molecule has 0 saturated carbocycles. The minimum Gasteiger partial charge on any atom is -0.398 e. The molecular weight excluding hydrogens is 248 g/mol. The zero-order valence-electron chi connectivity index (χ0n) is 9.56. The lowest BCUT2D eigenvalue weighted by molar-refractivity contribution is 0.742. The van der Waals surface area contributed by atoms with E-state index in [1.54, 1.807) is 11.3 Å². The Bertz CT molecular complexity index is 440. The molecule has 2 nitrogen and oxygen atoms in total. The molecule has 17 heavy (non-hydrogen) atoms. The fourth-order valence-electron chi connectivity index (χ4n) is 1.45.